The lowest BCUT2D eigenvalue weighted by atomic mass is 9.85. The van der Waals surface area contributed by atoms with Gasteiger partial charge in [0.1, 0.15) is 5.75 Å². The van der Waals surface area contributed by atoms with E-state index in [9.17, 15) is 4.79 Å². The summed E-state index contributed by atoms with van der Waals surface area (Å²) in [5.41, 5.74) is 6.74. The lowest BCUT2D eigenvalue weighted by molar-refractivity contribution is -0.120. The monoisotopic (exact) mass is 290 g/mol. The van der Waals surface area contributed by atoms with E-state index in [1.165, 1.54) is 0 Å². The minimum absolute atomic E-state index is 0.0351. The molecule has 1 amide bonds. The number of nitrogens with two attached hydrogens (primary N) is 1. The molecule has 3 N–H and O–H groups in total. The van der Waals surface area contributed by atoms with Gasteiger partial charge in [0.05, 0.1) is 6.10 Å². The normalized spacial score (nSPS) is 23.4. The second-order valence-electron chi connectivity index (χ2n) is 5.98. The Morgan fingerprint density at radius 1 is 1.48 bits per heavy atom. The number of hydrogen-bond acceptors (Lipinski definition) is 3. The summed E-state index contributed by atoms with van der Waals surface area (Å²) in [4.78, 5) is 12.3. The van der Waals surface area contributed by atoms with Crippen LogP contribution in [0.2, 0.25) is 0 Å². The van der Waals surface area contributed by atoms with Crippen molar-refractivity contribution in [3.63, 3.8) is 0 Å². The molecule has 1 aromatic rings. The van der Waals surface area contributed by atoms with Crippen LogP contribution in [0, 0.1) is 5.92 Å². The maximum Gasteiger partial charge on any atom is 0.227 e. The third-order valence-corrected chi connectivity index (χ3v) is 4.10. The van der Waals surface area contributed by atoms with Crippen LogP contribution in [0.25, 0.3) is 0 Å². The van der Waals surface area contributed by atoms with Gasteiger partial charge in [-0.05, 0) is 44.7 Å². The summed E-state index contributed by atoms with van der Waals surface area (Å²) in [5, 5.41) is 2.99. The highest BCUT2D eigenvalue weighted by Gasteiger charge is 2.25. The number of ether oxygens (including phenoxy) is 1. The van der Waals surface area contributed by atoms with Gasteiger partial charge < -0.3 is 15.8 Å². The van der Waals surface area contributed by atoms with Gasteiger partial charge in [0, 0.05) is 23.7 Å². The van der Waals surface area contributed by atoms with Crippen molar-refractivity contribution in [1.82, 2.24) is 0 Å². The maximum absolute atomic E-state index is 12.3. The van der Waals surface area contributed by atoms with Gasteiger partial charge in [-0.1, -0.05) is 19.4 Å². The molecule has 1 saturated carbocycles. The number of nitrogens with one attached hydrogen (secondary N) is 1. The SMILES string of the molecule is CCC(C)Oc1cccc(NC(=O)C2CCCC(N)C2)c1. The zero-order valence-electron chi connectivity index (χ0n) is 13.0. The first-order chi connectivity index (χ1) is 10.1. The van der Waals surface area contributed by atoms with Gasteiger partial charge in [-0.2, -0.15) is 0 Å². The van der Waals surface area contributed by atoms with Crippen LogP contribution in [-0.4, -0.2) is 18.1 Å². The average Bonchev–Trinajstić information content (AvgIpc) is 2.47. The Bertz CT molecular complexity index is 476. The van der Waals surface area contributed by atoms with Gasteiger partial charge in [-0.15, -0.1) is 0 Å². The van der Waals surface area contributed by atoms with E-state index in [0.29, 0.717) is 0 Å². The van der Waals surface area contributed by atoms with Crippen LogP contribution < -0.4 is 15.8 Å². The third kappa shape index (κ3) is 4.74. The molecule has 1 aliphatic rings. The van der Waals surface area contributed by atoms with Gasteiger partial charge in [0.15, 0.2) is 0 Å². The topological polar surface area (TPSA) is 64.3 Å². The Balaban J connectivity index is 1.95. The standard InChI is InChI=1S/C17H26N2O2/c1-3-12(2)21-16-9-5-8-15(11-16)19-17(20)13-6-4-7-14(18)10-13/h5,8-9,11-14H,3-4,6-7,10,18H2,1-2H3,(H,19,20). The molecule has 0 spiro atoms. The van der Waals surface area contributed by atoms with E-state index in [-0.39, 0.29) is 24.0 Å². The molecular formula is C17H26N2O2. The van der Waals surface area contributed by atoms with Gasteiger partial charge in [0.25, 0.3) is 0 Å². The predicted molar refractivity (Wildman–Crippen MR) is 85.4 cm³/mol. The molecule has 0 radical (unpaired) electrons. The first kappa shape index (κ1) is 15.8. The lowest BCUT2D eigenvalue weighted by Crippen LogP contribution is -2.34. The van der Waals surface area contributed by atoms with Gasteiger partial charge in [-0.3, -0.25) is 4.79 Å². The van der Waals surface area contributed by atoms with Crippen LogP contribution in [0.3, 0.4) is 0 Å². The molecular weight excluding hydrogens is 264 g/mol. The van der Waals surface area contributed by atoms with Crippen LogP contribution in [-0.2, 0) is 4.79 Å². The molecule has 3 atom stereocenters. The van der Waals surface area contributed by atoms with Crippen LogP contribution in [0.5, 0.6) is 5.75 Å². The van der Waals surface area contributed by atoms with Crippen molar-refractivity contribution in [2.24, 2.45) is 11.7 Å². The van der Waals surface area contributed by atoms with Gasteiger partial charge in [-0.25, -0.2) is 0 Å². The molecule has 0 aliphatic heterocycles. The van der Waals surface area contributed by atoms with Crippen LogP contribution >= 0.6 is 0 Å². The van der Waals surface area contributed by atoms with E-state index in [2.05, 4.69) is 12.2 Å². The number of carbonyl (C=O) groups excluding carboxylic acids is 1. The minimum Gasteiger partial charge on any atom is -0.491 e. The Kier molecular flexibility index (Phi) is 5.62. The number of benzene rings is 1. The molecule has 3 unspecified atom stereocenters. The Labute approximate surface area is 127 Å². The Morgan fingerprint density at radius 3 is 3.00 bits per heavy atom. The summed E-state index contributed by atoms with van der Waals surface area (Å²) >= 11 is 0. The fourth-order valence-corrected chi connectivity index (χ4v) is 2.67. The highest BCUT2D eigenvalue weighted by Crippen LogP contribution is 2.25. The molecule has 0 aromatic heterocycles. The highest BCUT2D eigenvalue weighted by atomic mass is 16.5. The summed E-state index contributed by atoms with van der Waals surface area (Å²) in [6, 6.07) is 7.75. The molecule has 0 saturated heterocycles. The second-order valence-corrected chi connectivity index (χ2v) is 5.98. The summed E-state index contributed by atoms with van der Waals surface area (Å²) in [6.07, 6.45) is 4.92. The predicted octanol–water partition coefficient (Wildman–Crippen LogP) is 3.32. The van der Waals surface area contributed by atoms with Crippen molar-refractivity contribution in [2.45, 2.75) is 58.1 Å². The number of amides is 1. The number of carbonyl (C=O) groups is 1. The molecule has 4 heteroatoms. The third-order valence-electron chi connectivity index (χ3n) is 4.10. The summed E-state index contributed by atoms with van der Waals surface area (Å²) < 4.78 is 5.78. The van der Waals surface area contributed by atoms with E-state index in [1.807, 2.05) is 31.2 Å². The van der Waals surface area contributed by atoms with E-state index < -0.39 is 0 Å². The van der Waals surface area contributed by atoms with E-state index >= 15 is 0 Å². The molecule has 1 fully saturated rings. The van der Waals surface area contributed by atoms with Crippen molar-refractivity contribution in [3.8, 4) is 5.75 Å². The quantitative estimate of drug-likeness (QED) is 0.874. The average molecular weight is 290 g/mol. The molecule has 4 nitrogen and oxygen atoms in total. The van der Waals surface area contributed by atoms with Gasteiger partial charge >= 0.3 is 0 Å². The Hall–Kier alpha value is -1.55. The molecule has 0 heterocycles. The molecule has 0 bridgehead atoms. The number of anilines is 1. The smallest absolute Gasteiger partial charge is 0.227 e. The van der Waals surface area contributed by atoms with Gasteiger partial charge in [0.2, 0.25) is 5.91 Å². The lowest BCUT2D eigenvalue weighted by Gasteiger charge is -2.25. The fraction of sp³-hybridized carbons (Fsp3) is 0.588. The fourth-order valence-electron chi connectivity index (χ4n) is 2.67. The molecule has 21 heavy (non-hydrogen) atoms. The maximum atomic E-state index is 12.3. The molecule has 1 aromatic carbocycles. The summed E-state index contributed by atoms with van der Waals surface area (Å²) in [7, 11) is 0. The van der Waals surface area contributed by atoms with Crippen LogP contribution in [0.4, 0.5) is 5.69 Å². The number of hydrogen-bond donors (Lipinski definition) is 2. The van der Waals surface area contributed by atoms with E-state index in [1.54, 1.807) is 0 Å². The first-order valence-corrected chi connectivity index (χ1v) is 7.91. The van der Waals surface area contributed by atoms with Crippen LogP contribution in [0.1, 0.15) is 46.0 Å². The zero-order chi connectivity index (χ0) is 15.2. The second kappa shape index (κ2) is 7.46. The summed E-state index contributed by atoms with van der Waals surface area (Å²) in [6.45, 7) is 4.12. The minimum atomic E-state index is 0.0351. The highest BCUT2D eigenvalue weighted by molar-refractivity contribution is 5.92. The number of rotatable bonds is 5. The van der Waals surface area contributed by atoms with Crippen molar-refractivity contribution in [3.05, 3.63) is 24.3 Å². The van der Waals surface area contributed by atoms with Crippen molar-refractivity contribution in [1.29, 1.82) is 0 Å². The van der Waals surface area contributed by atoms with Crippen molar-refractivity contribution in [2.75, 3.05) is 5.32 Å². The van der Waals surface area contributed by atoms with E-state index in [4.69, 9.17) is 10.5 Å². The largest absolute Gasteiger partial charge is 0.491 e. The zero-order valence-corrected chi connectivity index (χ0v) is 13.0. The first-order valence-electron chi connectivity index (χ1n) is 7.91. The molecule has 1 aliphatic carbocycles. The van der Waals surface area contributed by atoms with Crippen molar-refractivity contribution < 1.29 is 9.53 Å². The van der Waals surface area contributed by atoms with Crippen molar-refractivity contribution >= 4 is 11.6 Å². The van der Waals surface area contributed by atoms with Crippen LogP contribution in [0.15, 0.2) is 24.3 Å². The Morgan fingerprint density at radius 2 is 2.29 bits per heavy atom. The van der Waals surface area contributed by atoms with E-state index in [0.717, 1.165) is 43.5 Å². The molecule has 2 rings (SSSR count). The molecule has 116 valence electrons. The summed E-state index contributed by atoms with van der Waals surface area (Å²) in [5.74, 6) is 0.904.